The molecule has 0 aliphatic carbocycles. The van der Waals surface area contributed by atoms with Gasteiger partial charge in [0.05, 0.1) is 0 Å². The Bertz CT molecular complexity index is 81.0. The Hall–Kier alpha value is 0.620. The smallest absolute Gasteiger partial charge is 0.0109 e. The van der Waals surface area contributed by atoms with Crippen molar-refractivity contribution in [3.8, 4) is 0 Å². The molecule has 0 aromatic carbocycles. The molecular formula is C12H26N2S2. The van der Waals surface area contributed by atoms with Gasteiger partial charge in [0.1, 0.15) is 0 Å². The molecule has 1 heterocycles. The highest BCUT2D eigenvalue weighted by Crippen LogP contribution is 2.19. The molecule has 1 saturated heterocycles. The largest absolute Gasteiger partial charge is 0.247 e. The van der Waals surface area contributed by atoms with Crippen LogP contribution in [0.25, 0.3) is 0 Å². The second-order valence-corrected chi connectivity index (χ2v) is 6.69. The number of nitrogens with one attached hydrogen (secondary N) is 2. The number of hydrogen-bond acceptors (Lipinski definition) is 4. The van der Waals surface area contributed by atoms with Gasteiger partial charge in [-0.25, -0.2) is 5.43 Å². The lowest BCUT2D eigenvalue weighted by molar-refractivity contribution is 0.542. The molecule has 2 N–H and O–H groups in total. The summed E-state index contributed by atoms with van der Waals surface area (Å²) in [6.07, 6.45) is 14.2. The van der Waals surface area contributed by atoms with Crippen LogP contribution in [-0.2, 0) is 0 Å². The Balaban J connectivity index is 2.00. The zero-order valence-corrected chi connectivity index (χ0v) is 11.9. The minimum absolute atomic E-state index is 1.10. The van der Waals surface area contributed by atoms with Crippen LogP contribution in [0.3, 0.4) is 0 Å². The highest BCUT2D eigenvalue weighted by molar-refractivity contribution is 8.75. The van der Waals surface area contributed by atoms with E-state index in [2.05, 4.69) is 10.3 Å². The normalized spacial score (nSPS) is 24.0. The molecule has 0 spiro atoms. The molecule has 1 fully saturated rings. The van der Waals surface area contributed by atoms with E-state index in [1.165, 1.54) is 70.0 Å². The van der Waals surface area contributed by atoms with Gasteiger partial charge >= 0.3 is 0 Å². The third-order valence-corrected chi connectivity index (χ3v) is 4.86. The highest BCUT2D eigenvalue weighted by Gasteiger charge is 1.95. The first-order valence-corrected chi connectivity index (χ1v) is 9.08. The zero-order chi connectivity index (χ0) is 11.3. The van der Waals surface area contributed by atoms with E-state index < -0.39 is 0 Å². The summed E-state index contributed by atoms with van der Waals surface area (Å²) in [7, 11) is 3.68. The molecule has 96 valence electrons. The molecule has 16 heavy (non-hydrogen) atoms. The summed E-state index contributed by atoms with van der Waals surface area (Å²) >= 11 is 0. The molecular weight excluding hydrogens is 236 g/mol. The van der Waals surface area contributed by atoms with Gasteiger partial charge in [-0.1, -0.05) is 62.2 Å². The van der Waals surface area contributed by atoms with Crippen LogP contribution < -0.4 is 10.3 Å². The molecule has 1 rings (SSSR count). The van der Waals surface area contributed by atoms with E-state index in [-0.39, 0.29) is 0 Å². The monoisotopic (exact) mass is 262 g/mol. The van der Waals surface area contributed by atoms with Crippen molar-refractivity contribution in [2.45, 2.75) is 64.2 Å². The van der Waals surface area contributed by atoms with Crippen molar-refractivity contribution in [1.29, 1.82) is 0 Å². The second kappa shape index (κ2) is 12.1. The molecule has 1 aliphatic rings. The lowest BCUT2D eigenvalue weighted by Gasteiger charge is -2.07. The van der Waals surface area contributed by atoms with Gasteiger partial charge in [-0.05, 0) is 12.8 Å². The first-order valence-electron chi connectivity index (χ1n) is 6.76. The van der Waals surface area contributed by atoms with Crippen molar-refractivity contribution in [2.24, 2.45) is 0 Å². The van der Waals surface area contributed by atoms with Crippen LogP contribution in [0.5, 0.6) is 0 Å². The lowest BCUT2D eigenvalue weighted by Crippen LogP contribution is -2.25. The minimum atomic E-state index is 1.10. The van der Waals surface area contributed by atoms with Crippen molar-refractivity contribution in [1.82, 2.24) is 10.3 Å². The van der Waals surface area contributed by atoms with Crippen LogP contribution in [0, 0.1) is 0 Å². The molecule has 0 aromatic heterocycles. The van der Waals surface area contributed by atoms with E-state index in [4.69, 9.17) is 0 Å². The highest BCUT2D eigenvalue weighted by atomic mass is 33.1. The lowest BCUT2D eigenvalue weighted by atomic mass is 10.1. The molecule has 0 radical (unpaired) electrons. The van der Waals surface area contributed by atoms with E-state index >= 15 is 0 Å². The Morgan fingerprint density at radius 1 is 0.625 bits per heavy atom. The average molecular weight is 262 g/mol. The summed E-state index contributed by atoms with van der Waals surface area (Å²) in [5.74, 6) is 1.28. The first-order chi connectivity index (χ1) is 8.00. The third-order valence-electron chi connectivity index (χ3n) is 2.95. The molecule has 0 unspecified atom stereocenters. The van der Waals surface area contributed by atoms with E-state index in [0.717, 1.165) is 6.54 Å². The maximum Gasteiger partial charge on any atom is 0.0109 e. The minimum Gasteiger partial charge on any atom is -0.247 e. The summed E-state index contributed by atoms with van der Waals surface area (Å²) in [6.45, 7) is 1.10. The van der Waals surface area contributed by atoms with Crippen LogP contribution in [-0.4, -0.2) is 12.3 Å². The van der Waals surface area contributed by atoms with Gasteiger partial charge in [0.25, 0.3) is 0 Å². The molecule has 2 nitrogen and oxygen atoms in total. The first kappa shape index (κ1) is 14.7. The van der Waals surface area contributed by atoms with Crippen LogP contribution in [0.15, 0.2) is 0 Å². The van der Waals surface area contributed by atoms with Gasteiger partial charge in [-0.3, -0.25) is 0 Å². The van der Waals surface area contributed by atoms with E-state index in [0.29, 0.717) is 0 Å². The van der Waals surface area contributed by atoms with Crippen LogP contribution in [0.4, 0.5) is 0 Å². The van der Waals surface area contributed by atoms with Gasteiger partial charge in [0, 0.05) is 23.3 Å². The molecule has 1 aliphatic heterocycles. The fourth-order valence-electron chi connectivity index (χ4n) is 1.94. The van der Waals surface area contributed by atoms with Gasteiger partial charge in [-0.15, -0.1) is 0 Å². The molecule has 0 atom stereocenters. The standard InChI is InChI=1S/C12H26N2S2/c1-2-4-6-8-10-12-15-16-14-13-11-9-7-5-3-1/h13-14H,1-12H2. The van der Waals surface area contributed by atoms with E-state index in [1.54, 1.807) is 11.0 Å². The maximum atomic E-state index is 3.26. The predicted molar refractivity (Wildman–Crippen MR) is 77.4 cm³/mol. The number of hydrazine groups is 1. The molecule has 0 bridgehead atoms. The van der Waals surface area contributed by atoms with Crippen LogP contribution in [0.1, 0.15) is 64.2 Å². The van der Waals surface area contributed by atoms with Gasteiger partial charge in [0.2, 0.25) is 0 Å². The molecule has 0 amide bonds. The summed E-state index contributed by atoms with van der Waals surface area (Å²) in [5, 5.41) is 0. The van der Waals surface area contributed by atoms with Crippen molar-refractivity contribution >= 4 is 21.8 Å². The Kier molecular flexibility index (Phi) is 11.1. The quantitative estimate of drug-likeness (QED) is 0.502. The summed E-state index contributed by atoms with van der Waals surface area (Å²) < 4.78 is 0. The fourth-order valence-corrected chi connectivity index (χ4v) is 3.52. The van der Waals surface area contributed by atoms with Gasteiger partial charge in [0.15, 0.2) is 0 Å². The van der Waals surface area contributed by atoms with Crippen LogP contribution >= 0.6 is 21.8 Å². The van der Waals surface area contributed by atoms with Gasteiger partial charge < -0.3 is 0 Å². The average Bonchev–Trinajstić information content (AvgIpc) is 2.29. The van der Waals surface area contributed by atoms with Crippen molar-refractivity contribution in [2.75, 3.05) is 12.3 Å². The van der Waals surface area contributed by atoms with Crippen molar-refractivity contribution in [3.05, 3.63) is 0 Å². The van der Waals surface area contributed by atoms with E-state index in [1.807, 2.05) is 10.8 Å². The summed E-state index contributed by atoms with van der Waals surface area (Å²) in [5.41, 5.74) is 3.26. The Morgan fingerprint density at radius 2 is 1.19 bits per heavy atom. The van der Waals surface area contributed by atoms with Crippen LogP contribution in [0.2, 0.25) is 0 Å². The third kappa shape index (κ3) is 9.82. The second-order valence-electron chi connectivity index (χ2n) is 4.47. The topological polar surface area (TPSA) is 24.1 Å². The van der Waals surface area contributed by atoms with Gasteiger partial charge in [-0.2, -0.15) is 4.83 Å². The van der Waals surface area contributed by atoms with E-state index in [9.17, 15) is 0 Å². The maximum absolute atomic E-state index is 3.26. The predicted octanol–water partition coefficient (Wildman–Crippen LogP) is 4.29. The van der Waals surface area contributed by atoms with Crippen molar-refractivity contribution in [3.63, 3.8) is 0 Å². The Labute approximate surface area is 109 Å². The Morgan fingerprint density at radius 3 is 1.88 bits per heavy atom. The summed E-state index contributed by atoms with van der Waals surface area (Å²) in [6, 6.07) is 0. The zero-order valence-electron chi connectivity index (χ0n) is 10.3. The SMILES string of the molecule is C1CCCCCCSSNNCCCCC1. The molecule has 4 heteroatoms. The molecule has 0 saturated carbocycles. The fraction of sp³-hybridized carbons (Fsp3) is 1.00. The van der Waals surface area contributed by atoms with Crippen molar-refractivity contribution < 1.29 is 0 Å². The number of rotatable bonds is 0. The summed E-state index contributed by atoms with van der Waals surface area (Å²) in [4.78, 5) is 3.20. The molecule has 0 aromatic rings. The number of hydrogen-bond donors (Lipinski definition) is 2.